The molecule has 1 unspecified atom stereocenters. The third-order valence-corrected chi connectivity index (χ3v) is 2.07. The number of carbonyl (C=O) groups is 1. The Hall–Kier alpha value is -0.300. The largest absolute Gasteiger partial charge is 0.293 e. The number of unbranched alkanes of at least 4 members (excludes halogenated alkanes) is 1. The Bertz CT molecular complexity index is 150. The van der Waals surface area contributed by atoms with Crippen LogP contribution in [0.1, 0.15) is 33.1 Å². The molecule has 0 N–H and O–H groups in total. The molecule has 0 aromatic rings. The lowest BCUT2D eigenvalue weighted by molar-refractivity contribution is -0.116. The van der Waals surface area contributed by atoms with E-state index in [1.807, 2.05) is 0 Å². The molecule has 0 saturated carbocycles. The fourth-order valence-corrected chi connectivity index (χ4v) is 1.06. The summed E-state index contributed by atoms with van der Waals surface area (Å²) < 4.78 is 0. The summed E-state index contributed by atoms with van der Waals surface area (Å²) in [6.45, 7) is 7.22. The van der Waals surface area contributed by atoms with Crippen LogP contribution in [0, 0.1) is 0 Å². The molecule has 0 bridgehead atoms. The first-order chi connectivity index (χ1) is 5.04. The van der Waals surface area contributed by atoms with Gasteiger partial charge in [0.1, 0.15) is 4.87 Å². The smallest absolute Gasteiger partial charge is 0.175 e. The normalized spacial score (nSPS) is 15.5. The molecule has 2 heteroatoms. The first-order valence-corrected chi connectivity index (χ1v) is 4.28. The van der Waals surface area contributed by atoms with Gasteiger partial charge in [0.15, 0.2) is 5.78 Å². The van der Waals surface area contributed by atoms with Gasteiger partial charge in [0.05, 0.1) is 0 Å². The van der Waals surface area contributed by atoms with Gasteiger partial charge in [0.2, 0.25) is 0 Å². The van der Waals surface area contributed by atoms with Crippen LogP contribution in [0.15, 0.2) is 12.7 Å². The van der Waals surface area contributed by atoms with Crippen LogP contribution in [-0.2, 0) is 4.79 Å². The Labute approximate surface area is 73.4 Å². The number of ketones is 1. The first kappa shape index (κ1) is 10.7. The summed E-state index contributed by atoms with van der Waals surface area (Å²) in [6.07, 6.45) is 4.07. The van der Waals surface area contributed by atoms with Gasteiger partial charge in [0.25, 0.3) is 0 Å². The number of hydrogen-bond donors (Lipinski definition) is 0. The van der Waals surface area contributed by atoms with Gasteiger partial charge in [0, 0.05) is 0 Å². The molecule has 0 heterocycles. The topological polar surface area (TPSA) is 17.1 Å². The molecule has 0 radical (unpaired) electrons. The molecule has 0 aliphatic rings. The van der Waals surface area contributed by atoms with Crippen molar-refractivity contribution in [2.45, 2.75) is 38.0 Å². The van der Waals surface area contributed by atoms with E-state index in [-0.39, 0.29) is 5.78 Å². The van der Waals surface area contributed by atoms with Gasteiger partial charge in [-0.2, -0.15) is 0 Å². The van der Waals surface area contributed by atoms with Gasteiger partial charge in [-0.3, -0.25) is 4.79 Å². The van der Waals surface area contributed by atoms with E-state index in [4.69, 9.17) is 11.6 Å². The molecule has 0 rings (SSSR count). The zero-order valence-electron chi connectivity index (χ0n) is 7.19. The Kier molecular flexibility index (Phi) is 4.43. The molecule has 0 aromatic heterocycles. The van der Waals surface area contributed by atoms with E-state index >= 15 is 0 Å². The number of alkyl halides is 1. The predicted molar refractivity (Wildman–Crippen MR) is 49.0 cm³/mol. The minimum atomic E-state index is -0.724. The van der Waals surface area contributed by atoms with E-state index in [0.717, 1.165) is 19.3 Å². The van der Waals surface area contributed by atoms with Crippen molar-refractivity contribution in [3.8, 4) is 0 Å². The summed E-state index contributed by atoms with van der Waals surface area (Å²) in [4.78, 5) is 10.4. The summed E-state index contributed by atoms with van der Waals surface area (Å²) in [5.74, 6) is -0.0763. The molecule has 0 saturated heterocycles. The lowest BCUT2D eigenvalue weighted by Gasteiger charge is -2.17. The quantitative estimate of drug-likeness (QED) is 0.463. The van der Waals surface area contributed by atoms with Crippen molar-refractivity contribution in [2.24, 2.45) is 0 Å². The zero-order chi connectivity index (χ0) is 8.91. The van der Waals surface area contributed by atoms with E-state index < -0.39 is 4.87 Å². The van der Waals surface area contributed by atoms with Crippen molar-refractivity contribution in [1.29, 1.82) is 0 Å². The van der Waals surface area contributed by atoms with Crippen molar-refractivity contribution in [3.05, 3.63) is 12.7 Å². The van der Waals surface area contributed by atoms with Gasteiger partial charge < -0.3 is 0 Å². The maximum Gasteiger partial charge on any atom is 0.175 e. The van der Waals surface area contributed by atoms with Gasteiger partial charge in [-0.15, -0.1) is 11.6 Å². The molecule has 0 spiro atoms. The fourth-order valence-electron chi connectivity index (χ4n) is 0.845. The number of carbonyl (C=O) groups excluding carboxylic acids is 1. The molecule has 1 nitrogen and oxygen atoms in total. The van der Waals surface area contributed by atoms with E-state index in [1.54, 1.807) is 6.92 Å². The Morgan fingerprint density at radius 1 is 1.73 bits per heavy atom. The SMILES string of the molecule is C=CC(=O)C(C)(Cl)CCCC. The fraction of sp³-hybridized carbons (Fsp3) is 0.667. The average molecular weight is 175 g/mol. The van der Waals surface area contributed by atoms with Gasteiger partial charge in [-0.05, 0) is 19.4 Å². The van der Waals surface area contributed by atoms with E-state index in [0.29, 0.717) is 0 Å². The van der Waals surface area contributed by atoms with Crippen molar-refractivity contribution in [1.82, 2.24) is 0 Å². The summed E-state index contributed by atoms with van der Waals surface area (Å²) in [5, 5.41) is 0. The van der Waals surface area contributed by atoms with Crippen LogP contribution in [0.5, 0.6) is 0 Å². The second kappa shape index (κ2) is 4.55. The summed E-state index contributed by atoms with van der Waals surface area (Å²) in [5.41, 5.74) is 0. The minimum Gasteiger partial charge on any atom is -0.293 e. The van der Waals surface area contributed by atoms with Crippen LogP contribution in [0.2, 0.25) is 0 Å². The molecule has 0 amide bonds. The molecule has 64 valence electrons. The third kappa shape index (κ3) is 3.57. The highest BCUT2D eigenvalue weighted by Crippen LogP contribution is 2.23. The molecule has 0 aliphatic carbocycles. The predicted octanol–water partition coefficient (Wildman–Crippen LogP) is 2.93. The maximum absolute atomic E-state index is 11.1. The van der Waals surface area contributed by atoms with Crippen molar-refractivity contribution >= 4 is 17.4 Å². The Morgan fingerprint density at radius 3 is 2.64 bits per heavy atom. The summed E-state index contributed by atoms with van der Waals surface area (Å²) in [6, 6.07) is 0. The molecule has 1 atom stereocenters. The molecular weight excluding hydrogens is 160 g/mol. The van der Waals surface area contributed by atoms with Crippen molar-refractivity contribution in [3.63, 3.8) is 0 Å². The van der Waals surface area contributed by atoms with Gasteiger partial charge in [-0.1, -0.05) is 26.3 Å². The van der Waals surface area contributed by atoms with Crippen molar-refractivity contribution in [2.75, 3.05) is 0 Å². The highest BCUT2D eigenvalue weighted by atomic mass is 35.5. The van der Waals surface area contributed by atoms with E-state index in [9.17, 15) is 4.79 Å². The summed E-state index contributed by atoms with van der Waals surface area (Å²) >= 11 is 5.94. The number of halogens is 1. The van der Waals surface area contributed by atoms with Gasteiger partial charge in [-0.25, -0.2) is 0 Å². The highest BCUT2D eigenvalue weighted by molar-refractivity contribution is 6.36. The number of allylic oxidation sites excluding steroid dienone is 1. The second-order valence-electron chi connectivity index (χ2n) is 2.87. The monoisotopic (exact) mass is 174 g/mol. The second-order valence-corrected chi connectivity index (χ2v) is 3.70. The van der Waals surface area contributed by atoms with E-state index in [2.05, 4.69) is 13.5 Å². The van der Waals surface area contributed by atoms with Crippen LogP contribution in [0.4, 0.5) is 0 Å². The van der Waals surface area contributed by atoms with Crippen LogP contribution < -0.4 is 0 Å². The average Bonchev–Trinajstić information content (AvgIpc) is 1.99. The van der Waals surface area contributed by atoms with Crippen LogP contribution in [-0.4, -0.2) is 10.7 Å². The molecule has 0 fully saturated rings. The van der Waals surface area contributed by atoms with Crippen LogP contribution >= 0.6 is 11.6 Å². The summed E-state index contributed by atoms with van der Waals surface area (Å²) in [7, 11) is 0. The van der Waals surface area contributed by atoms with Crippen molar-refractivity contribution < 1.29 is 4.79 Å². The minimum absolute atomic E-state index is 0.0763. The highest BCUT2D eigenvalue weighted by Gasteiger charge is 2.26. The number of hydrogen-bond acceptors (Lipinski definition) is 1. The number of rotatable bonds is 5. The van der Waals surface area contributed by atoms with E-state index in [1.165, 1.54) is 6.08 Å². The molecule has 11 heavy (non-hydrogen) atoms. The molecule has 0 aromatic carbocycles. The third-order valence-electron chi connectivity index (χ3n) is 1.70. The zero-order valence-corrected chi connectivity index (χ0v) is 7.95. The maximum atomic E-state index is 11.1. The van der Waals surface area contributed by atoms with Gasteiger partial charge >= 0.3 is 0 Å². The lowest BCUT2D eigenvalue weighted by Crippen LogP contribution is -2.26. The van der Waals surface area contributed by atoms with Crippen LogP contribution in [0.3, 0.4) is 0 Å². The molecule has 0 aliphatic heterocycles. The Morgan fingerprint density at radius 2 is 2.27 bits per heavy atom. The lowest BCUT2D eigenvalue weighted by atomic mass is 9.99. The molecular formula is C9H15ClO. The van der Waals surface area contributed by atoms with Crippen LogP contribution in [0.25, 0.3) is 0 Å². The standard InChI is InChI=1S/C9H15ClO/c1-4-6-7-9(3,10)8(11)5-2/h5H,2,4,6-7H2,1,3H3. The Balaban J connectivity index is 3.98. The first-order valence-electron chi connectivity index (χ1n) is 3.90.